The molecule has 0 aromatic heterocycles. The molecule has 1 heterocycles. The largest absolute Gasteiger partial charge is 0.327 e. The Bertz CT molecular complexity index is 126. The third kappa shape index (κ3) is 1.08. The molecule has 2 N–H and O–H groups in total. The lowest BCUT2D eigenvalue weighted by molar-refractivity contribution is 0.259. The van der Waals surface area contributed by atoms with E-state index in [0.717, 1.165) is 11.8 Å². The molecular weight excluding hydrogens is 239 g/mol. The van der Waals surface area contributed by atoms with Crippen LogP contribution in [-0.4, -0.2) is 22.2 Å². The van der Waals surface area contributed by atoms with Gasteiger partial charge in [0.15, 0.2) is 0 Å². The molecule has 2 atom stereocenters. The predicted molar refractivity (Wildman–Crippen MR) is 49.8 cm³/mol. The first-order chi connectivity index (χ1) is 4.77. The summed E-state index contributed by atoms with van der Waals surface area (Å²) < 4.78 is 2.39. The highest BCUT2D eigenvalue weighted by molar-refractivity contribution is 14.1. The van der Waals surface area contributed by atoms with Gasteiger partial charge < -0.3 is 5.73 Å². The van der Waals surface area contributed by atoms with Crippen molar-refractivity contribution in [3.05, 3.63) is 0 Å². The van der Waals surface area contributed by atoms with Crippen molar-refractivity contribution in [1.82, 2.24) is 3.11 Å². The maximum Gasteiger partial charge on any atom is 0.0201 e. The monoisotopic (exact) mass is 252 g/mol. The van der Waals surface area contributed by atoms with Crippen molar-refractivity contribution in [1.29, 1.82) is 0 Å². The van der Waals surface area contributed by atoms with Gasteiger partial charge in [0.2, 0.25) is 0 Å². The van der Waals surface area contributed by atoms with Gasteiger partial charge in [-0.15, -0.1) is 0 Å². The Morgan fingerprint density at radius 1 is 1.20 bits per heavy atom. The molecule has 2 bridgehead atoms. The Labute approximate surface area is 75.6 Å². The quantitative estimate of drug-likeness (QED) is 0.515. The summed E-state index contributed by atoms with van der Waals surface area (Å²) in [5, 5.41) is 0. The minimum atomic E-state index is 0.519. The van der Waals surface area contributed by atoms with Crippen LogP contribution in [0, 0.1) is 11.8 Å². The van der Waals surface area contributed by atoms with Gasteiger partial charge in [-0.3, -0.25) is 0 Å². The second-order valence-corrected chi connectivity index (χ2v) is 4.87. The van der Waals surface area contributed by atoms with E-state index in [1.165, 1.54) is 25.9 Å². The molecule has 2 aliphatic rings. The first-order valence-corrected chi connectivity index (χ1v) is 4.90. The molecule has 0 radical (unpaired) electrons. The summed E-state index contributed by atoms with van der Waals surface area (Å²) in [4.78, 5) is 0. The average molecular weight is 252 g/mol. The second-order valence-electron chi connectivity index (χ2n) is 3.50. The number of nitrogens with zero attached hydrogens (tertiary/aromatic N) is 1. The van der Waals surface area contributed by atoms with Crippen molar-refractivity contribution in [2.75, 3.05) is 13.1 Å². The number of nitrogens with two attached hydrogens (primary N) is 1. The Morgan fingerprint density at radius 2 is 1.70 bits per heavy atom. The minimum Gasteiger partial charge on any atom is -0.327 e. The van der Waals surface area contributed by atoms with Crippen LogP contribution in [0.1, 0.15) is 12.8 Å². The van der Waals surface area contributed by atoms with E-state index < -0.39 is 0 Å². The average Bonchev–Trinajstić information content (AvgIpc) is 2.20. The first-order valence-electron chi connectivity index (χ1n) is 3.93. The summed E-state index contributed by atoms with van der Waals surface area (Å²) in [6.07, 6.45) is 2.73. The number of rotatable bonds is 0. The highest BCUT2D eigenvalue weighted by atomic mass is 127. The first kappa shape index (κ1) is 7.31. The van der Waals surface area contributed by atoms with Crippen molar-refractivity contribution in [3.8, 4) is 0 Å². The Kier molecular flexibility index (Phi) is 1.90. The van der Waals surface area contributed by atoms with Crippen LogP contribution >= 0.6 is 22.9 Å². The second kappa shape index (κ2) is 2.60. The predicted octanol–water partition coefficient (Wildman–Crippen LogP) is 1.01. The van der Waals surface area contributed by atoms with Gasteiger partial charge >= 0.3 is 0 Å². The lowest BCUT2D eigenvalue weighted by Crippen LogP contribution is -2.45. The van der Waals surface area contributed by atoms with Gasteiger partial charge in [-0.1, -0.05) is 0 Å². The van der Waals surface area contributed by atoms with E-state index in [-0.39, 0.29) is 0 Å². The van der Waals surface area contributed by atoms with E-state index in [9.17, 15) is 0 Å². The van der Waals surface area contributed by atoms with Crippen LogP contribution in [0.25, 0.3) is 0 Å². The summed E-state index contributed by atoms with van der Waals surface area (Å²) in [7, 11) is 0. The van der Waals surface area contributed by atoms with Crippen LogP contribution < -0.4 is 5.73 Å². The summed E-state index contributed by atoms with van der Waals surface area (Å²) in [6.45, 7) is 2.44. The van der Waals surface area contributed by atoms with Gasteiger partial charge in [-0.2, -0.15) is 0 Å². The molecule has 3 heteroatoms. The SMILES string of the molecule is NC1C2CCC1CN(I)C2. The maximum atomic E-state index is 6.02. The number of halogens is 1. The van der Waals surface area contributed by atoms with Crippen LogP contribution in [0.3, 0.4) is 0 Å². The standard InChI is InChI=1S/C7H13IN2/c8-10-3-5-1-2-6(4-10)7(5)9/h5-7H,1-4,9H2. The van der Waals surface area contributed by atoms with E-state index in [1.807, 2.05) is 0 Å². The number of hydrogen-bond donors (Lipinski definition) is 1. The van der Waals surface area contributed by atoms with Crippen molar-refractivity contribution < 1.29 is 0 Å². The van der Waals surface area contributed by atoms with Crippen LogP contribution in [-0.2, 0) is 0 Å². The highest BCUT2D eigenvalue weighted by Crippen LogP contribution is 2.36. The zero-order valence-corrected chi connectivity index (χ0v) is 8.12. The fourth-order valence-electron chi connectivity index (χ4n) is 2.21. The Morgan fingerprint density at radius 3 is 2.20 bits per heavy atom. The van der Waals surface area contributed by atoms with Crippen molar-refractivity contribution >= 4 is 22.9 Å². The van der Waals surface area contributed by atoms with Gasteiger partial charge in [-0.25, -0.2) is 3.11 Å². The smallest absolute Gasteiger partial charge is 0.0201 e. The van der Waals surface area contributed by atoms with Crippen LogP contribution in [0.2, 0.25) is 0 Å². The third-order valence-electron chi connectivity index (χ3n) is 2.86. The van der Waals surface area contributed by atoms with Gasteiger partial charge in [0.05, 0.1) is 0 Å². The van der Waals surface area contributed by atoms with Gasteiger partial charge in [0.25, 0.3) is 0 Å². The molecule has 0 spiro atoms. The zero-order chi connectivity index (χ0) is 7.14. The zero-order valence-electron chi connectivity index (χ0n) is 5.96. The van der Waals surface area contributed by atoms with Crippen LogP contribution in [0.4, 0.5) is 0 Å². The summed E-state index contributed by atoms with van der Waals surface area (Å²) >= 11 is 2.41. The molecule has 1 aliphatic carbocycles. The van der Waals surface area contributed by atoms with E-state index in [0.29, 0.717) is 6.04 Å². The van der Waals surface area contributed by atoms with Crippen molar-refractivity contribution in [2.45, 2.75) is 18.9 Å². The summed E-state index contributed by atoms with van der Waals surface area (Å²) in [5.41, 5.74) is 6.02. The molecule has 58 valence electrons. The van der Waals surface area contributed by atoms with Crippen LogP contribution in [0.5, 0.6) is 0 Å². The summed E-state index contributed by atoms with van der Waals surface area (Å²) in [6, 6.07) is 0.519. The molecule has 1 aliphatic heterocycles. The molecule has 2 unspecified atom stereocenters. The van der Waals surface area contributed by atoms with E-state index in [2.05, 4.69) is 26.0 Å². The van der Waals surface area contributed by atoms with Gasteiger partial charge in [0, 0.05) is 42.0 Å². The fraction of sp³-hybridized carbons (Fsp3) is 1.00. The highest BCUT2D eigenvalue weighted by Gasteiger charge is 2.38. The molecule has 2 nitrogen and oxygen atoms in total. The Balaban J connectivity index is 2.09. The van der Waals surface area contributed by atoms with Crippen molar-refractivity contribution in [2.24, 2.45) is 17.6 Å². The maximum absolute atomic E-state index is 6.02. The minimum absolute atomic E-state index is 0.519. The fourth-order valence-corrected chi connectivity index (χ4v) is 3.22. The van der Waals surface area contributed by atoms with Gasteiger partial charge in [0.1, 0.15) is 0 Å². The van der Waals surface area contributed by atoms with E-state index in [4.69, 9.17) is 5.73 Å². The normalized spacial score (nSPS) is 48.0. The molecule has 10 heavy (non-hydrogen) atoms. The molecule has 1 saturated heterocycles. The van der Waals surface area contributed by atoms with Crippen LogP contribution in [0.15, 0.2) is 0 Å². The molecule has 0 aromatic carbocycles. The lowest BCUT2D eigenvalue weighted by Gasteiger charge is -2.31. The molecule has 2 fully saturated rings. The molecule has 2 rings (SSSR count). The number of hydrogen-bond acceptors (Lipinski definition) is 2. The molecule has 0 amide bonds. The van der Waals surface area contributed by atoms with Crippen molar-refractivity contribution in [3.63, 3.8) is 0 Å². The molecule has 1 saturated carbocycles. The number of piperidine rings is 1. The van der Waals surface area contributed by atoms with Gasteiger partial charge in [-0.05, 0) is 24.7 Å². The summed E-state index contributed by atoms with van der Waals surface area (Å²) in [5.74, 6) is 1.60. The topological polar surface area (TPSA) is 29.3 Å². The Hall–Kier alpha value is 0.650. The lowest BCUT2D eigenvalue weighted by atomic mass is 9.95. The number of fused-ring (bicyclic) bond motifs is 2. The third-order valence-corrected chi connectivity index (χ3v) is 3.65. The van der Waals surface area contributed by atoms with E-state index in [1.54, 1.807) is 0 Å². The van der Waals surface area contributed by atoms with E-state index >= 15 is 0 Å². The molecular formula is C7H13IN2. The molecule has 0 aromatic rings.